The summed E-state index contributed by atoms with van der Waals surface area (Å²) in [6.45, 7) is 4.99. The van der Waals surface area contributed by atoms with Crippen LogP contribution in [-0.2, 0) is 11.3 Å². The number of hydrogen-bond donors (Lipinski definition) is 0. The van der Waals surface area contributed by atoms with Crippen molar-refractivity contribution in [3.8, 4) is 11.5 Å². The highest BCUT2D eigenvalue weighted by atomic mass is 32.1. The van der Waals surface area contributed by atoms with Crippen LogP contribution in [0.1, 0.15) is 30.4 Å². The second-order valence-corrected chi connectivity index (χ2v) is 7.38. The van der Waals surface area contributed by atoms with Gasteiger partial charge in [0.2, 0.25) is 0 Å². The summed E-state index contributed by atoms with van der Waals surface area (Å²) in [6.07, 6.45) is 1.61. The molecule has 0 aliphatic heterocycles. The van der Waals surface area contributed by atoms with E-state index in [-0.39, 0.29) is 11.9 Å². The van der Waals surface area contributed by atoms with Crippen molar-refractivity contribution >= 4 is 27.5 Å². The summed E-state index contributed by atoms with van der Waals surface area (Å²) in [5, 5.41) is 4.22. The van der Waals surface area contributed by atoms with Gasteiger partial charge < -0.3 is 18.8 Å². The second kappa shape index (κ2) is 8.57. The molecule has 0 saturated carbocycles. The first-order valence-electron chi connectivity index (χ1n) is 8.87. The third-order valence-electron chi connectivity index (χ3n) is 4.28. The van der Waals surface area contributed by atoms with E-state index in [0.29, 0.717) is 35.1 Å². The molecule has 0 radical (unpaired) electrons. The van der Waals surface area contributed by atoms with Crippen molar-refractivity contribution in [3.63, 3.8) is 0 Å². The Balaban J connectivity index is 2.16. The van der Waals surface area contributed by atoms with Crippen LogP contribution in [-0.4, -0.2) is 48.2 Å². The molecule has 0 fully saturated rings. The SMILES string of the molecule is COCCn1c(=NC(=O)c2ccnn2C(C)C)sc2cc(OC)c(OC)cc21. The summed E-state index contributed by atoms with van der Waals surface area (Å²) in [6, 6.07) is 5.54. The van der Waals surface area contributed by atoms with Crippen LogP contribution < -0.4 is 14.3 Å². The van der Waals surface area contributed by atoms with Gasteiger partial charge in [-0.25, -0.2) is 0 Å². The number of hydrogen-bond acceptors (Lipinski definition) is 6. The number of rotatable bonds is 7. The largest absolute Gasteiger partial charge is 0.493 e. The summed E-state index contributed by atoms with van der Waals surface area (Å²) in [7, 11) is 4.83. The number of aromatic nitrogens is 3. The Kier molecular flexibility index (Phi) is 6.15. The van der Waals surface area contributed by atoms with Crippen molar-refractivity contribution in [2.75, 3.05) is 27.9 Å². The zero-order chi connectivity index (χ0) is 20.3. The number of carbonyl (C=O) groups excluding carboxylic acids is 1. The first-order valence-corrected chi connectivity index (χ1v) is 9.68. The van der Waals surface area contributed by atoms with Crippen LogP contribution in [0.25, 0.3) is 10.2 Å². The van der Waals surface area contributed by atoms with E-state index in [1.165, 1.54) is 11.3 Å². The molecule has 28 heavy (non-hydrogen) atoms. The van der Waals surface area contributed by atoms with Crippen LogP contribution in [0.2, 0.25) is 0 Å². The van der Waals surface area contributed by atoms with E-state index in [2.05, 4.69) is 10.1 Å². The summed E-state index contributed by atoms with van der Waals surface area (Å²) < 4.78 is 20.6. The molecule has 8 nitrogen and oxygen atoms in total. The van der Waals surface area contributed by atoms with Gasteiger partial charge in [-0.1, -0.05) is 11.3 Å². The number of nitrogens with zero attached hydrogens (tertiary/aromatic N) is 4. The molecule has 0 aliphatic carbocycles. The molecule has 0 unspecified atom stereocenters. The highest BCUT2D eigenvalue weighted by Gasteiger charge is 2.16. The van der Waals surface area contributed by atoms with Gasteiger partial charge in [-0.3, -0.25) is 9.48 Å². The maximum absolute atomic E-state index is 12.8. The number of thiazole rings is 1. The number of fused-ring (bicyclic) bond motifs is 1. The van der Waals surface area contributed by atoms with Gasteiger partial charge in [0.15, 0.2) is 16.3 Å². The fraction of sp³-hybridized carbons (Fsp3) is 0.421. The summed E-state index contributed by atoms with van der Waals surface area (Å²) in [5.41, 5.74) is 1.37. The molecule has 0 spiro atoms. The van der Waals surface area contributed by atoms with Crippen LogP contribution in [0.5, 0.6) is 11.5 Å². The van der Waals surface area contributed by atoms with Crippen molar-refractivity contribution in [2.45, 2.75) is 26.4 Å². The second-order valence-electron chi connectivity index (χ2n) is 6.38. The lowest BCUT2D eigenvalue weighted by molar-refractivity contribution is 0.0985. The lowest BCUT2D eigenvalue weighted by Gasteiger charge is -2.09. The number of carbonyl (C=O) groups is 1. The molecule has 1 amide bonds. The molecule has 3 aromatic rings. The molecule has 1 aromatic carbocycles. The van der Waals surface area contributed by atoms with Gasteiger partial charge in [-0.05, 0) is 19.9 Å². The van der Waals surface area contributed by atoms with E-state index in [4.69, 9.17) is 14.2 Å². The van der Waals surface area contributed by atoms with E-state index in [0.717, 1.165) is 10.2 Å². The Morgan fingerprint density at radius 3 is 2.57 bits per heavy atom. The maximum Gasteiger partial charge on any atom is 0.297 e. The van der Waals surface area contributed by atoms with Crippen LogP contribution in [0.4, 0.5) is 0 Å². The smallest absolute Gasteiger partial charge is 0.297 e. The van der Waals surface area contributed by atoms with Crippen LogP contribution in [0.3, 0.4) is 0 Å². The highest BCUT2D eigenvalue weighted by molar-refractivity contribution is 7.16. The van der Waals surface area contributed by atoms with Crippen molar-refractivity contribution in [1.29, 1.82) is 0 Å². The first-order chi connectivity index (χ1) is 13.5. The molecular weight excluding hydrogens is 380 g/mol. The van der Waals surface area contributed by atoms with Crippen LogP contribution >= 0.6 is 11.3 Å². The van der Waals surface area contributed by atoms with Crippen LogP contribution in [0.15, 0.2) is 29.4 Å². The monoisotopic (exact) mass is 404 g/mol. The molecule has 9 heteroatoms. The van der Waals surface area contributed by atoms with E-state index in [1.807, 2.05) is 30.5 Å². The fourth-order valence-electron chi connectivity index (χ4n) is 2.92. The lowest BCUT2D eigenvalue weighted by atomic mass is 10.3. The number of ether oxygens (including phenoxy) is 3. The van der Waals surface area contributed by atoms with Crippen molar-refractivity contribution < 1.29 is 19.0 Å². The number of methoxy groups -OCH3 is 3. The predicted octanol–water partition coefficient (Wildman–Crippen LogP) is 2.88. The highest BCUT2D eigenvalue weighted by Crippen LogP contribution is 2.33. The Morgan fingerprint density at radius 2 is 1.93 bits per heavy atom. The van der Waals surface area contributed by atoms with E-state index in [1.54, 1.807) is 38.3 Å². The Labute approximate surface area is 167 Å². The topological polar surface area (TPSA) is 79.9 Å². The Bertz CT molecular complexity index is 1050. The maximum atomic E-state index is 12.8. The van der Waals surface area contributed by atoms with Crippen LogP contribution in [0, 0.1) is 0 Å². The van der Waals surface area contributed by atoms with Crippen molar-refractivity contribution in [1.82, 2.24) is 14.3 Å². The minimum absolute atomic E-state index is 0.0701. The third kappa shape index (κ3) is 3.81. The standard InChI is InChI=1S/C19H24N4O4S/c1-12(2)23-13(6-7-20-23)18(24)21-19-22(8-9-25-3)14-10-15(26-4)16(27-5)11-17(14)28-19/h6-7,10-12H,8-9H2,1-5H3. The average Bonchev–Trinajstić information content (AvgIpc) is 3.30. The van der Waals surface area contributed by atoms with E-state index in [9.17, 15) is 4.79 Å². The van der Waals surface area contributed by atoms with Crippen molar-refractivity contribution in [2.24, 2.45) is 4.99 Å². The number of amides is 1. The summed E-state index contributed by atoms with van der Waals surface area (Å²) in [4.78, 5) is 17.8. The lowest BCUT2D eigenvalue weighted by Crippen LogP contribution is -2.20. The molecule has 0 saturated heterocycles. The molecule has 150 valence electrons. The molecule has 2 aromatic heterocycles. The molecule has 2 heterocycles. The zero-order valence-electron chi connectivity index (χ0n) is 16.6. The molecule has 0 bridgehead atoms. The molecule has 3 rings (SSSR count). The van der Waals surface area contributed by atoms with Gasteiger partial charge in [-0.2, -0.15) is 10.1 Å². The normalized spacial score (nSPS) is 12.1. The Morgan fingerprint density at radius 1 is 1.21 bits per heavy atom. The molecule has 0 N–H and O–H groups in total. The minimum atomic E-state index is -0.331. The van der Waals surface area contributed by atoms with Gasteiger partial charge in [-0.15, -0.1) is 0 Å². The predicted molar refractivity (Wildman–Crippen MR) is 107 cm³/mol. The zero-order valence-corrected chi connectivity index (χ0v) is 17.4. The van der Waals surface area contributed by atoms with Gasteiger partial charge in [0.25, 0.3) is 5.91 Å². The van der Waals surface area contributed by atoms with E-state index < -0.39 is 0 Å². The quantitative estimate of drug-likeness (QED) is 0.605. The van der Waals surface area contributed by atoms with Gasteiger partial charge >= 0.3 is 0 Å². The average molecular weight is 404 g/mol. The third-order valence-corrected chi connectivity index (χ3v) is 5.32. The summed E-state index contributed by atoms with van der Waals surface area (Å²) >= 11 is 1.42. The van der Waals surface area contributed by atoms with E-state index >= 15 is 0 Å². The Hall–Kier alpha value is -2.65. The minimum Gasteiger partial charge on any atom is -0.493 e. The number of benzene rings is 1. The molecule has 0 aliphatic rings. The summed E-state index contributed by atoms with van der Waals surface area (Å²) in [5.74, 6) is 0.920. The first kappa shape index (κ1) is 20.1. The van der Waals surface area contributed by atoms with Crippen molar-refractivity contribution in [3.05, 3.63) is 34.9 Å². The van der Waals surface area contributed by atoms with Gasteiger partial charge in [0.1, 0.15) is 5.69 Å². The van der Waals surface area contributed by atoms with Gasteiger partial charge in [0, 0.05) is 38.0 Å². The molecule has 0 atom stereocenters. The van der Waals surface area contributed by atoms with Gasteiger partial charge in [0.05, 0.1) is 31.0 Å². The fourth-order valence-corrected chi connectivity index (χ4v) is 3.98. The molecular formula is C19H24N4O4S.